The van der Waals surface area contributed by atoms with Crippen LogP contribution in [0.4, 0.5) is 0 Å². The molecule has 0 saturated heterocycles. The fraction of sp³-hybridized carbons (Fsp3) is 0.310. The third-order valence-electron chi connectivity index (χ3n) is 6.06. The molecule has 0 saturated carbocycles. The monoisotopic (exact) mass is 472 g/mol. The van der Waals surface area contributed by atoms with Gasteiger partial charge in [-0.25, -0.2) is 4.98 Å². The summed E-state index contributed by atoms with van der Waals surface area (Å²) < 4.78 is 18.4. The quantitative estimate of drug-likeness (QED) is 0.250. The second-order valence-corrected chi connectivity index (χ2v) is 8.55. The summed E-state index contributed by atoms with van der Waals surface area (Å²) in [6, 6.07) is 21.1. The second kappa shape index (κ2) is 11.6. The zero-order valence-corrected chi connectivity index (χ0v) is 20.6. The van der Waals surface area contributed by atoms with Gasteiger partial charge in [0.15, 0.2) is 11.5 Å². The van der Waals surface area contributed by atoms with E-state index in [1.165, 1.54) is 0 Å². The van der Waals surface area contributed by atoms with Gasteiger partial charge >= 0.3 is 0 Å². The number of unbranched alkanes of at least 4 members (excludes halogenated alkanes) is 3. The highest BCUT2D eigenvalue weighted by Gasteiger charge is 2.13. The Bertz CT molecular complexity index is 1330. The molecule has 0 spiro atoms. The number of hydrogen-bond donors (Lipinski definition) is 0. The highest BCUT2D eigenvalue weighted by molar-refractivity contribution is 5.79. The number of benzene rings is 3. The molecule has 182 valence electrons. The number of methoxy groups -OCH3 is 2. The molecule has 0 bridgehead atoms. The van der Waals surface area contributed by atoms with Crippen LogP contribution in [0, 0.1) is 6.92 Å². The maximum Gasteiger partial charge on any atom is 0.261 e. The maximum atomic E-state index is 13.3. The molecule has 4 aromatic rings. The number of aromatic nitrogens is 2. The fourth-order valence-electron chi connectivity index (χ4n) is 4.14. The lowest BCUT2D eigenvalue weighted by atomic mass is 10.1. The molecule has 0 radical (unpaired) electrons. The lowest BCUT2D eigenvalue weighted by Crippen LogP contribution is -2.23. The molecule has 1 aromatic heterocycles. The molecule has 4 rings (SSSR count). The average molecular weight is 473 g/mol. The van der Waals surface area contributed by atoms with Crippen LogP contribution >= 0.6 is 0 Å². The first-order valence-electron chi connectivity index (χ1n) is 12.0. The van der Waals surface area contributed by atoms with Crippen molar-refractivity contribution < 1.29 is 14.2 Å². The third-order valence-corrected chi connectivity index (χ3v) is 6.06. The molecule has 6 heteroatoms. The molecule has 0 amide bonds. The molecule has 0 aliphatic carbocycles. The SMILES string of the molecule is COc1ccc(-c2nc3ccccc3c(=O)n2CCCCCCOc2ccc(C)cc2OC)cc1. The normalized spacial score (nSPS) is 10.9. The molecule has 35 heavy (non-hydrogen) atoms. The van der Waals surface area contributed by atoms with Crippen molar-refractivity contribution in [1.29, 1.82) is 0 Å². The first-order valence-corrected chi connectivity index (χ1v) is 12.0. The molecule has 0 N–H and O–H groups in total. The van der Waals surface area contributed by atoms with E-state index in [1.54, 1.807) is 18.8 Å². The largest absolute Gasteiger partial charge is 0.497 e. The molecular weight excluding hydrogens is 440 g/mol. The van der Waals surface area contributed by atoms with Crippen molar-refractivity contribution >= 4 is 10.9 Å². The van der Waals surface area contributed by atoms with E-state index in [9.17, 15) is 4.79 Å². The molecule has 0 aliphatic heterocycles. The van der Waals surface area contributed by atoms with E-state index in [-0.39, 0.29) is 5.56 Å². The van der Waals surface area contributed by atoms with Crippen LogP contribution in [0.15, 0.2) is 71.5 Å². The van der Waals surface area contributed by atoms with Gasteiger partial charge in [0.2, 0.25) is 0 Å². The molecule has 0 atom stereocenters. The number of hydrogen-bond acceptors (Lipinski definition) is 5. The van der Waals surface area contributed by atoms with Crippen LogP contribution < -0.4 is 19.8 Å². The molecule has 0 aliphatic rings. The summed E-state index contributed by atoms with van der Waals surface area (Å²) in [5.74, 6) is 3.00. The van der Waals surface area contributed by atoms with Crippen LogP contribution in [-0.2, 0) is 6.54 Å². The smallest absolute Gasteiger partial charge is 0.261 e. The summed E-state index contributed by atoms with van der Waals surface area (Å²) in [7, 11) is 3.30. The minimum absolute atomic E-state index is 0.00350. The summed E-state index contributed by atoms with van der Waals surface area (Å²) >= 11 is 0. The molecule has 0 fully saturated rings. The second-order valence-electron chi connectivity index (χ2n) is 8.55. The standard InChI is InChI=1S/C29H32N2O4/c1-21-12-17-26(27(20-21)34-3)35-19-9-5-4-8-18-31-28(22-13-15-23(33-2)16-14-22)30-25-11-7-6-10-24(25)29(31)32/h6-7,10-17,20H,4-5,8-9,18-19H2,1-3H3. The van der Waals surface area contributed by atoms with E-state index < -0.39 is 0 Å². The lowest BCUT2D eigenvalue weighted by molar-refractivity contribution is 0.284. The number of nitrogens with zero attached hydrogens (tertiary/aromatic N) is 2. The van der Waals surface area contributed by atoms with Crippen LogP contribution in [-0.4, -0.2) is 30.4 Å². The first kappa shape index (κ1) is 24.3. The van der Waals surface area contributed by atoms with Gasteiger partial charge in [0, 0.05) is 12.1 Å². The zero-order valence-electron chi connectivity index (χ0n) is 20.6. The van der Waals surface area contributed by atoms with Gasteiger partial charge in [0.05, 0.1) is 31.7 Å². The topological polar surface area (TPSA) is 62.6 Å². The first-order chi connectivity index (χ1) is 17.1. The van der Waals surface area contributed by atoms with Crippen molar-refractivity contribution in [2.24, 2.45) is 0 Å². The maximum absolute atomic E-state index is 13.3. The Kier molecular flexibility index (Phi) is 8.03. The number of fused-ring (bicyclic) bond motifs is 1. The van der Waals surface area contributed by atoms with Gasteiger partial charge in [-0.1, -0.05) is 31.0 Å². The van der Waals surface area contributed by atoms with Crippen molar-refractivity contribution in [3.05, 3.63) is 82.6 Å². The van der Waals surface area contributed by atoms with Gasteiger partial charge in [-0.15, -0.1) is 0 Å². The molecule has 0 unspecified atom stereocenters. The number of para-hydroxylation sites is 1. The molecule has 1 heterocycles. The van der Waals surface area contributed by atoms with E-state index in [0.717, 1.165) is 54.1 Å². The van der Waals surface area contributed by atoms with Crippen molar-refractivity contribution in [1.82, 2.24) is 9.55 Å². The lowest BCUT2D eigenvalue weighted by Gasteiger charge is -2.14. The Hall–Kier alpha value is -3.80. The number of rotatable bonds is 11. The van der Waals surface area contributed by atoms with Crippen LogP contribution in [0.1, 0.15) is 31.2 Å². The van der Waals surface area contributed by atoms with Crippen LogP contribution in [0.25, 0.3) is 22.3 Å². The van der Waals surface area contributed by atoms with Crippen LogP contribution in [0.2, 0.25) is 0 Å². The highest BCUT2D eigenvalue weighted by Crippen LogP contribution is 2.28. The minimum atomic E-state index is -0.00350. The molecule has 6 nitrogen and oxygen atoms in total. The van der Waals surface area contributed by atoms with Crippen molar-refractivity contribution in [3.8, 4) is 28.6 Å². The van der Waals surface area contributed by atoms with Crippen molar-refractivity contribution in [2.75, 3.05) is 20.8 Å². The minimum Gasteiger partial charge on any atom is -0.497 e. The van der Waals surface area contributed by atoms with E-state index in [2.05, 4.69) is 0 Å². The van der Waals surface area contributed by atoms with Gasteiger partial charge in [0.1, 0.15) is 11.6 Å². The Morgan fingerprint density at radius 2 is 1.60 bits per heavy atom. The van der Waals surface area contributed by atoms with Gasteiger partial charge in [0.25, 0.3) is 5.56 Å². The van der Waals surface area contributed by atoms with Crippen LogP contribution in [0.3, 0.4) is 0 Å². The van der Waals surface area contributed by atoms with Gasteiger partial charge in [-0.05, 0) is 73.9 Å². The third kappa shape index (κ3) is 5.83. The van der Waals surface area contributed by atoms with E-state index in [0.29, 0.717) is 29.9 Å². The van der Waals surface area contributed by atoms with Crippen molar-refractivity contribution in [2.45, 2.75) is 39.2 Å². The van der Waals surface area contributed by atoms with Gasteiger partial charge in [-0.3, -0.25) is 9.36 Å². The summed E-state index contributed by atoms with van der Waals surface area (Å²) in [4.78, 5) is 18.2. The number of aryl methyl sites for hydroxylation is 1. The van der Waals surface area contributed by atoms with Gasteiger partial charge in [-0.2, -0.15) is 0 Å². The van der Waals surface area contributed by atoms with E-state index >= 15 is 0 Å². The molecular formula is C29H32N2O4. The molecule has 3 aromatic carbocycles. The Morgan fingerprint density at radius 1 is 0.829 bits per heavy atom. The zero-order chi connectivity index (χ0) is 24.6. The Morgan fingerprint density at radius 3 is 2.37 bits per heavy atom. The summed E-state index contributed by atoms with van der Waals surface area (Å²) in [6.45, 7) is 3.28. The predicted molar refractivity (Wildman–Crippen MR) is 140 cm³/mol. The average Bonchev–Trinajstić information content (AvgIpc) is 2.89. The Balaban J connectivity index is 1.39. The summed E-state index contributed by atoms with van der Waals surface area (Å²) in [5.41, 5.74) is 2.75. The Labute approximate surface area is 206 Å². The summed E-state index contributed by atoms with van der Waals surface area (Å²) in [6.07, 6.45) is 3.84. The number of ether oxygens (including phenoxy) is 3. The summed E-state index contributed by atoms with van der Waals surface area (Å²) in [5, 5.41) is 0.644. The fourth-order valence-corrected chi connectivity index (χ4v) is 4.14. The van der Waals surface area contributed by atoms with E-state index in [1.807, 2.05) is 73.7 Å². The van der Waals surface area contributed by atoms with Crippen LogP contribution in [0.5, 0.6) is 17.2 Å². The van der Waals surface area contributed by atoms with Crippen molar-refractivity contribution in [3.63, 3.8) is 0 Å². The highest BCUT2D eigenvalue weighted by atomic mass is 16.5. The van der Waals surface area contributed by atoms with Gasteiger partial charge < -0.3 is 14.2 Å². The predicted octanol–water partition coefficient (Wildman–Crippen LogP) is 6.03. The van der Waals surface area contributed by atoms with E-state index in [4.69, 9.17) is 19.2 Å².